The number of aryl methyl sites for hydroxylation is 1. The lowest BCUT2D eigenvalue weighted by molar-refractivity contribution is -0.121. The van der Waals surface area contributed by atoms with Crippen LogP contribution in [0.5, 0.6) is 0 Å². The summed E-state index contributed by atoms with van der Waals surface area (Å²) in [4.78, 5) is 11.6. The van der Waals surface area contributed by atoms with Gasteiger partial charge in [-0.05, 0) is 25.8 Å². The predicted molar refractivity (Wildman–Crippen MR) is 54.1 cm³/mol. The van der Waals surface area contributed by atoms with Crippen molar-refractivity contribution in [1.29, 1.82) is 0 Å². The first-order valence-corrected chi connectivity index (χ1v) is 5.37. The Kier molecular flexibility index (Phi) is 2.66. The normalized spacial score (nSPS) is 22.6. The molecule has 1 heterocycles. The number of hydrogen-bond donors (Lipinski definition) is 0. The Morgan fingerprint density at radius 3 is 3.07 bits per heavy atom. The standard InChI is InChI=1S/C11H16N2O/c1-2-13-8-7-10(12-13)9-5-3-4-6-11(9)14/h7-9H,2-6H2,1H3. The van der Waals surface area contributed by atoms with Crippen LogP contribution in [0.1, 0.15) is 44.2 Å². The molecule has 1 atom stereocenters. The molecule has 76 valence electrons. The maximum Gasteiger partial charge on any atom is 0.141 e. The number of nitrogens with zero attached hydrogens (tertiary/aromatic N) is 2. The molecule has 1 aromatic heterocycles. The van der Waals surface area contributed by atoms with Gasteiger partial charge in [-0.25, -0.2) is 0 Å². The third-order valence-electron chi connectivity index (χ3n) is 2.90. The first kappa shape index (κ1) is 9.44. The number of carbonyl (C=O) groups excluding carboxylic acids is 1. The monoisotopic (exact) mass is 192 g/mol. The Bertz CT molecular complexity index is 330. The van der Waals surface area contributed by atoms with Crippen LogP contribution in [-0.4, -0.2) is 15.6 Å². The lowest BCUT2D eigenvalue weighted by atomic mass is 9.86. The summed E-state index contributed by atoms with van der Waals surface area (Å²) in [5.41, 5.74) is 0.969. The van der Waals surface area contributed by atoms with Crippen LogP contribution in [-0.2, 0) is 11.3 Å². The molecule has 1 fully saturated rings. The molecule has 0 bridgehead atoms. The largest absolute Gasteiger partial charge is 0.299 e. The maximum absolute atomic E-state index is 11.6. The minimum Gasteiger partial charge on any atom is -0.299 e. The van der Waals surface area contributed by atoms with Crippen molar-refractivity contribution in [1.82, 2.24) is 9.78 Å². The number of carbonyl (C=O) groups is 1. The van der Waals surface area contributed by atoms with E-state index in [1.807, 2.05) is 16.9 Å². The van der Waals surface area contributed by atoms with Gasteiger partial charge in [0, 0.05) is 19.2 Å². The van der Waals surface area contributed by atoms with E-state index in [-0.39, 0.29) is 5.92 Å². The van der Waals surface area contributed by atoms with Crippen LogP contribution < -0.4 is 0 Å². The van der Waals surface area contributed by atoms with Crippen molar-refractivity contribution in [2.24, 2.45) is 0 Å². The third kappa shape index (κ3) is 1.72. The van der Waals surface area contributed by atoms with Crippen molar-refractivity contribution in [3.05, 3.63) is 18.0 Å². The van der Waals surface area contributed by atoms with Gasteiger partial charge in [0.1, 0.15) is 5.78 Å². The Morgan fingerprint density at radius 1 is 1.57 bits per heavy atom. The summed E-state index contributed by atoms with van der Waals surface area (Å²) < 4.78 is 1.89. The molecule has 0 N–H and O–H groups in total. The summed E-state index contributed by atoms with van der Waals surface area (Å²) in [6.45, 7) is 2.93. The lowest BCUT2D eigenvalue weighted by Crippen LogP contribution is -2.17. The molecule has 0 aromatic carbocycles. The second-order valence-electron chi connectivity index (χ2n) is 3.86. The van der Waals surface area contributed by atoms with Crippen molar-refractivity contribution in [2.45, 2.75) is 45.1 Å². The Hall–Kier alpha value is -1.12. The van der Waals surface area contributed by atoms with Gasteiger partial charge in [-0.15, -0.1) is 0 Å². The van der Waals surface area contributed by atoms with Gasteiger partial charge >= 0.3 is 0 Å². The quantitative estimate of drug-likeness (QED) is 0.719. The van der Waals surface area contributed by atoms with Gasteiger partial charge in [0.15, 0.2) is 0 Å². The molecule has 14 heavy (non-hydrogen) atoms. The van der Waals surface area contributed by atoms with Gasteiger partial charge in [-0.1, -0.05) is 6.42 Å². The zero-order valence-corrected chi connectivity index (χ0v) is 8.57. The Morgan fingerprint density at radius 2 is 2.43 bits per heavy atom. The summed E-state index contributed by atoms with van der Waals surface area (Å²) >= 11 is 0. The third-order valence-corrected chi connectivity index (χ3v) is 2.90. The molecule has 1 aliphatic carbocycles. The van der Waals surface area contributed by atoms with E-state index in [0.29, 0.717) is 5.78 Å². The van der Waals surface area contributed by atoms with Crippen molar-refractivity contribution in [3.63, 3.8) is 0 Å². The first-order valence-electron chi connectivity index (χ1n) is 5.37. The molecule has 0 spiro atoms. The number of hydrogen-bond acceptors (Lipinski definition) is 2. The van der Waals surface area contributed by atoms with Gasteiger partial charge in [0.05, 0.1) is 11.6 Å². The highest BCUT2D eigenvalue weighted by Gasteiger charge is 2.25. The average molecular weight is 192 g/mol. The highest BCUT2D eigenvalue weighted by molar-refractivity contribution is 5.85. The molecule has 0 radical (unpaired) electrons. The molecular formula is C11H16N2O. The van der Waals surface area contributed by atoms with Crippen LogP contribution in [0.25, 0.3) is 0 Å². The molecule has 1 aromatic rings. The second kappa shape index (κ2) is 3.95. The fourth-order valence-electron chi connectivity index (χ4n) is 2.04. The molecule has 3 heteroatoms. The van der Waals surface area contributed by atoms with E-state index in [4.69, 9.17) is 0 Å². The van der Waals surface area contributed by atoms with Gasteiger partial charge in [-0.2, -0.15) is 5.10 Å². The molecule has 0 saturated heterocycles. The van der Waals surface area contributed by atoms with Crippen molar-refractivity contribution in [3.8, 4) is 0 Å². The minimum atomic E-state index is 0.0801. The van der Waals surface area contributed by atoms with Crippen LogP contribution in [0.2, 0.25) is 0 Å². The van der Waals surface area contributed by atoms with Crippen molar-refractivity contribution >= 4 is 5.78 Å². The summed E-state index contributed by atoms with van der Waals surface area (Å²) in [5.74, 6) is 0.453. The summed E-state index contributed by atoms with van der Waals surface area (Å²) in [7, 11) is 0. The Balaban J connectivity index is 2.16. The maximum atomic E-state index is 11.6. The molecule has 1 aliphatic rings. The fourth-order valence-corrected chi connectivity index (χ4v) is 2.04. The van der Waals surface area contributed by atoms with E-state index in [1.54, 1.807) is 0 Å². The van der Waals surface area contributed by atoms with E-state index in [2.05, 4.69) is 12.0 Å². The zero-order chi connectivity index (χ0) is 9.97. The van der Waals surface area contributed by atoms with E-state index in [0.717, 1.165) is 37.9 Å². The predicted octanol–water partition coefficient (Wildman–Crippen LogP) is 2.13. The molecule has 2 rings (SSSR count). The topological polar surface area (TPSA) is 34.9 Å². The SMILES string of the molecule is CCn1ccc(C2CCCCC2=O)n1. The van der Waals surface area contributed by atoms with Crippen LogP contribution in [0.15, 0.2) is 12.3 Å². The van der Waals surface area contributed by atoms with Crippen LogP contribution >= 0.6 is 0 Å². The van der Waals surface area contributed by atoms with E-state index in [1.165, 1.54) is 0 Å². The molecule has 1 saturated carbocycles. The lowest BCUT2D eigenvalue weighted by Gasteiger charge is -2.18. The van der Waals surface area contributed by atoms with E-state index >= 15 is 0 Å². The number of Topliss-reactive ketones (excluding diaryl/α,β-unsaturated/α-hetero) is 1. The fraction of sp³-hybridized carbons (Fsp3) is 0.636. The number of aromatic nitrogens is 2. The molecule has 1 unspecified atom stereocenters. The van der Waals surface area contributed by atoms with Crippen molar-refractivity contribution in [2.75, 3.05) is 0 Å². The first-order chi connectivity index (χ1) is 6.81. The van der Waals surface area contributed by atoms with Crippen molar-refractivity contribution < 1.29 is 4.79 Å². The van der Waals surface area contributed by atoms with Crippen LogP contribution in [0.4, 0.5) is 0 Å². The average Bonchev–Trinajstić information content (AvgIpc) is 2.67. The second-order valence-corrected chi connectivity index (χ2v) is 3.86. The smallest absolute Gasteiger partial charge is 0.141 e. The molecule has 0 amide bonds. The summed E-state index contributed by atoms with van der Waals surface area (Å²) in [6.07, 6.45) is 5.90. The zero-order valence-electron chi connectivity index (χ0n) is 8.57. The number of rotatable bonds is 2. The number of ketones is 1. The molecule has 3 nitrogen and oxygen atoms in total. The highest BCUT2D eigenvalue weighted by Crippen LogP contribution is 2.28. The van der Waals surface area contributed by atoms with Gasteiger partial charge < -0.3 is 0 Å². The minimum absolute atomic E-state index is 0.0801. The molecule has 0 aliphatic heterocycles. The van der Waals surface area contributed by atoms with Crippen LogP contribution in [0, 0.1) is 0 Å². The Labute approximate surface area is 84.1 Å². The van der Waals surface area contributed by atoms with Gasteiger partial charge in [0.25, 0.3) is 0 Å². The van der Waals surface area contributed by atoms with E-state index < -0.39 is 0 Å². The van der Waals surface area contributed by atoms with Crippen LogP contribution in [0.3, 0.4) is 0 Å². The van der Waals surface area contributed by atoms with Gasteiger partial charge in [-0.3, -0.25) is 9.48 Å². The highest BCUT2D eigenvalue weighted by atomic mass is 16.1. The summed E-state index contributed by atoms with van der Waals surface area (Å²) in [5, 5.41) is 4.40. The van der Waals surface area contributed by atoms with Gasteiger partial charge in [0.2, 0.25) is 0 Å². The van der Waals surface area contributed by atoms with E-state index in [9.17, 15) is 4.79 Å². The summed E-state index contributed by atoms with van der Waals surface area (Å²) in [6, 6.07) is 1.98. The molecular weight excluding hydrogens is 176 g/mol.